The summed E-state index contributed by atoms with van der Waals surface area (Å²) in [5.41, 5.74) is 3.36. The Labute approximate surface area is 163 Å². The van der Waals surface area contributed by atoms with Crippen LogP contribution in [0.4, 0.5) is 17.2 Å². The van der Waals surface area contributed by atoms with Crippen molar-refractivity contribution in [2.45, 2.75) is 6.92 Å². The van der Waals surface area contributed by atoms with Gasteiger partial charge in [0, 0.05) is 29.3 Å². The molecule has 1 fully saturated rings. The zero-order valence-corrected chi connectivity index (χ0v) is 16.0. The molecule has 144 valence electrons. The van der Waals surface area contributed by atoms with Gasteiger partial charge in [-0.1, -0.05) is 12.1 Å². The lowest BCUT2D eigenvalue weighted by atomic mass is 10.1. The number of nitro groups is 1. The van der Waals surface area contributed by atoms with Gasteiger partial charge in [0.15, 0.2) is 11.3 Å². The highest BCUT2D eigenvalue weighted by molar-refractivity contribution is 5.85. The highest BCUT2D eigenvalue weighted by Crippen LogP contribution is 2.27. The summed E-state index contributed by atoms with van der Waals surface area (Å²) in [6, 6.07) is 15.0. The third-order valence-electron chi connectivity index (χ3n) is 5.32. The SMILES string of the molecule is COc1cccc2c(C)cc(N3CCN(c4ccc([N+](=O)[O-])cc4)CC3)[nH+]c12. The van der Waals surface area contributed by atoms with E-state index in [-0.39, 0.29) is 10.6 Å². The van der Waals surface area contributed by atoms with Crippen LogP contribution in [-0.4, -0.2) is 38.2 Å². The zero-order chi connectivity index (χ0) is 19.7. The smallest absolute Gasteiger partial charge is 0.275 e. The first-order valence-corrected chi connectivity index (χ1v) is 9.31. The largest absolute Gasteiger partial charge is 0.492 e. The number of aromatic nitrogens is 1. The fourth-order valence-electron chi connectivity index (χ4n) is 3.77. The van der Waals surface area contributed by atoms with Crippen molar-refractivity contribution >= 4 is 28.1 Å². The number of non-ortho nitro benzene ring substituents is 1. The molecule has 0 saturated carbocycles. The minimum absolute atomic E-state index is 0.123. The number of methoxy groups -OCH3 is 1. The lowest BCUT2D eigenvalue weighted by Crippen LogP contribution is -2.48. The van der Waals surface area contributed by atoms with Crippen molar-refractivity contribution in [2.75, 3.05) is 43.1 Å². The Bertz CT molecular complexity index is 1010. The summed E-state index contributed by atoms with van der Waals surface area (Å²) in [7, 11) is 1.69. The van der Waals surface area contributed by atoms with Crippen LogP contribution in [0.3, 0.4) is 0 Å². The average Bonchev–Trinajstić information content (AvgIpc) is 2.73. The lowest BCUT2D eigenvalue weighted by molar-refractivity contribution is -0.384. The summed E-state index contributed by atoms with van der Waals surface area (Å²) in [6.45, 7) is 5.57. The Morgan fingerprint density at radius 3 is 2.36 bits per heavy atom. The van der Waals surface area contributed by atoms with Gasteiger partial charge >= 0.3 is 0 Å². The molecular weight excluding hydrogens is 356 g/mol. The molecule has 0 aliphatic carbocycles. The van der Waals surface area contributed by atoms with Crippen LogP contribution in [0.25, 0.3) is 10.9 Å². The lowest BCUT2D eigenvalue weighted by Gasteiger charge is -2.32. The van der Waals surface area contributed by atoms with E-state index in [9.17, 15) is 10.1 Å². The van der Waals surface area contributed by atoms with Gasteiger partial charge in [-0.2, -0.15) is 0 Å². The Balaban J connectivity index is 1.53. The van der Waals surface area contributed by atoms with E-state index in [1.54, 1.807) is 19.2 Å². The van der Waals surface area contributed by atoms with Crippen LogP contribution in [-0.2, 0) is 0 Å². The Kier molecular flexibility index (Phi) is 4.73. The molecule has 0 spiro atoms. The van der Waals surface area contributed by atoms with Crippen LogP contribution < -0.4 is 19.5 Å². The number of rotatable bonds is 4. The second kappa shape index (κ2) is 7.34. The summed E-state index contributed by atoms with van der Waals surface area (Å²) < 4.78 is 5.52. The number of hydrogen-bond acceptors (Lipinski definition) is 5. The van der Waals surface area contributed by atoms with Crippen molar-refractivity contribution in [1.82, 2.24) is 0 Å². The number of benzene rings is 2. The van der Waals surface area contributed by atoms with Gasteiger partial charge in [-0.3, -0.25) is 15.0 Å². The fourth-order valence-corrected chi connectivity index (χ4v) is 3.77. The maximum atomic E-state index is 10.8. The first-order valence-electron chi connectivity index (χ1n) is 9.31. The molecule has 1 aliphatic rings. The standard InChI is InChI=1S/C21H22N4O3/c1-15-14-20(22-21-18(15)4-3-5-19(21)28-2)24-12-10-23(11-13-24)16-6-8-17(9-7-16)25(26)27/h3-9,14H,10-13H2,1-2H3/p+1. The maximum absolute atomic E-state index is 10.8. The molecule has 2 aromatic carbocycles. The molecule has 7 heteroatoms. The molecule has 1 N–H and O–H groups in total. The fraction of sp³-hybridized carbons (Fsp3) is 0.286. The summed E-state index contributed by atoms with van der Waals surface area (Å²) in [5.74, 6) is 1.92. The van der Waals surface area contributed by atoms with Crippen molar-refractivity contribution in [1.29, 1.82) is 0 Å². The number of anilines is 2. The molecule has 0 unspecified atom stereocenters. The number of pyridine rings is 1. The molecule has 3 aromatic rings. The van der Waals surface area contributed by atoms with Crippen molar-refractivity contribution in [3.05, 3.63) is 64.2 Å². The molecule has 7 nitrogen and oxygen atoms in total. The van der Waals surface area contributed by atoms with Crippen molar-refractivity contribution < 1.29 is 14.6 Å². The van der Waals surface area contributed by atoms with E-state index >= 15 is 0 Å². The molecule has 0 bridgehead atoms. The van der Waals surface area contributed by atoms with Gasteiger partial charge in [-0.05, 0) is 30.7 Å². The van der Waals surface area contributed by atoms with Gasteiger partial charge in [0.1, 0.15) is 13.1 Å². The van der Waals surface area contributed by atoms with Gasteiger partial charge in [0.25, 0.3) is 11.5 Å². The maximum Gasteiger partial charge on any atom is 0.275 e. The molecule has 1 saturated heterocycles. The third kappa shape index (κ3) is 3.31. The number of nitro benzene ring substituents is 1. The van der Waals surface area contributed by atoms with Crippen LogP contribution in [0.5, 0.6) is 5.75 Å². The molecule has 2 heterocycles. The van der Waals surface area contributed by atoms with E-state index in [1.807, 2.05) is 24.3 Å². The highest BCUT2D eigenvalue weighted by Gasteiger charge is 2.25. The molecule has 1 aromatic heterocycles. The zero-order valence-electron chi connectivity index (χ0n) is 16.0. The van der Waals surface area contributed by atoms with E-state index in [2.05, 4.69) is 33.8 Å². The van der Waals surface area contributed by atoms with Gasteiger partial charge in [0.05, 0.1) is 25.1 Å². The molecular formula is C21H23N4O3+. The Morgan fingerprint density at radius 1 is 1.04 bits per heavy atom. The van der Waals surface area contributed by atoms with Gasteiger partial charge in [-0.25, -0.2) is 4.98 Å². The first kappa shape index (κ1) is 18.0. The molecule has 4 rings (SSSR count). The molecule has 0 atom stereocenters. The van der Waals surface area contributed by atoms with Crippen LogP contribution in [0.2, 0.25) is 0 Å². The van der Waals surface area contributed by atoms with E-state index in [4.69, 9.17) is 4.74 Å². The quantitative estimate of drug-likeness (QED) is 0.514. The number of ether oxygens (including phenoxy) is 1. The van der Waals surface area contributed by atoms with Gasteiger partial charge in [-0.15, -0.1) is 0 Å². The van der Waals surface area contributed by atoms with Gasteiger partial charge in [0.2, 0.25) is 0 Å². The monoisotopic (exact) mass is 379 g/mol. The number of nitrogens with zero attached hydrogens (tertiary/aromatic N) is 3. The van der Waals surface area contributed by atoms with E-state index in [1.165, 1.54) is 5.56 Å². The number of aromatic amines is 1. The highest BCUT2D eigenvalue weighted by atomic mass is 16.6. The number of piperazine rings is 1. The summed E-state index contributed by atoms with van der Waals surface area (Å²) in [5, 5.41) is 12.0. The van der Waals surface area contributed by atoms with Crippen LogP contribution in [0.1, 0.15) is 5.56 Å². The molecule has 0 radical (unpaired) electrons. The van der Waals surface area contributed by atoms with Crippen LogP contribution >= 0.6 is 0 Å². The summed E-state index contributed by atoms with van der Waals surface area (Å²) in [4.78, 5) is 18.6. The van der Waals surface area contributed by atoms with Crippen molar-refractivity contribution in [3.63, 3.8) is 0 Å². The number of nitrogens with one attached hydrogen (secondary N) is 1. The average molecular weight is 379 g/mol. The van der Waals surface area contributed by atoms with Crippen molar-refractivity contribution in [2.24, 2.45) is 0 Å². The normalized spacial score (nSPS) is 14.4. The van der Waals surface area contributed by atoms with Crippen LogP contribution in [0.15, 0.2) is 48.5 Å². The minimum Gasteiger partial charge on any atom is -0.492 e. The number of fused-ring (bicyclic) bond motifs is 1. The second-order valence-electron chi connectivity index (χ2n) is 6.97. The van der Waals surface area contributed by atoms with Crippen LogP contribution in [0, 0.1) is 17.0 Å². The number of aryl methyl sites for hydroxylation is 1. The third-order valence-corrected chi connectivity index (χ3v) is 5.32. The van der Waals surface area contributed by atoms with Crippen molar-refractivity contribution in [3.8, 4) is 5.75 Å². The van der Waals surface area contributed by atoms with Gasteiger partial charge < -0.3 is 9.64 Å². The summed E-state index contributed by atoms with van der Waals surface area (Å²) in [6.07, 6.45) is 0. The topological polar surface area (TPSA) is 73.0 Å². The predicted molar refractivity (Wildman–Crippen MR) is 109 cm³/mol. The van der Waals surface area contributed by atoms with E-state index in [0.29, 0.717) is 0 Å². The molecule has 28 heavy (non-hydrogen) atoms. The summed E-state index contributed by atoms with van der Waals surface area (Å²) >= 11 is 0. The first-order chi connectivity index (χ1) is 13.6. The van der Waals surface area contributed by atoms with E-state index in [0.717, 1.165) is 54.3 Å². The molecule has 1 aliphatic heterocycles. The van der Waals surface area contributed by atoms with E-state index < -0.39 is 0 Å². The minimum atomic E-state index is -0.367. The second-order valence-corrected chi connectivity index (χ2v) is 6.97. The number of hydrogen-bond donors (Lipinski definition) is 0. The molecule has 0 amide bonds. The Hall–Kier alpha value is -3.35. The Morgan fingerprint density at radius 2 is 1.71 bits per heavy atom. The predicted octanol–water partition coefficient (Wildman–Crippen LogP) is 3.21. The number of para-hydroxylation sites is 1. The number of H-pyrrole nitrogens is 1.